The summed E-state index contributed by atoms with van der Waals surface area (Å²) in [5, 5.41) is 7.88. The standard InChI is InChI=1S/C50H55N7O7/c1-6-44(58)54-45(28(2)3)48(59)56-18-10-13-41(56)39-22-36-35-23-43-37(21-31(35)15-17-38(36)52-39)34-16-14-32(20-33(34)27-64-43)40-24-51-47(53-40)42-19-29(26-62-4)25-57(42)49(60)46(55-50(61)63-5)30-11-8-7-9-12-30/h7-9,11-12,14-17,20-21,23-24,28-29,41-42,45-46H,6,10,13,18-19,22,25-27H2,1-5H3,(H,51,53)(H,54,58)(H,55,61)/t29-,41-,42-,45-,46+/m0/s1. The Hall–Kier alpha value is -6.54. The van der Waals surface area contributed by atoms with Crippen LogP contribution in [0.15, 0.2) is 84.0 Å². The number of fused-ring (bicyclic) bond motifs is 6. The maximum Gasteiger partial charge on any atom is 0.407 e. The molecular weight excluding hydrogens is 811 g/mol. The van der Waals surface area contributed by atoms with Crippen LogP contribution in [0.2, 0.25) is 0 Å². The minimum atomic E-state index is -0.940. The topological polar surface area (TPSA) is 168 Å². The number of ether oxygens (including phenoxy) is 3. The third-order valence-electron chi connectivity index (χ3n) is 13.2. The zero-order valence-electron chi connectivity index (χ0n) is 37.0. The van der Waals surface area contributed by atoms with E-state index < -0.39 is 18.2 Å². The first kappa shape index (κ1) is 42.7. The van der Waals surface area contributed by atoms with E-state index in [-0.39, 0.29) is 41.6 Å². The van der Waals surface area contributed by atoms with Gasteiger partial charge in [0.2, 0.25) is 11.8 Å². The van der Waals surface area contributed by atoms with Crippen molar-refractivity contribution in [2.45, 2.75) is 83.6 Å². The van der Waals surface area contributed by atoms with E-state index in [4.69, 9.17) is 24.2 Å². The molecule has 0 unspecified atom stereocenters. The smallest absolute Gasteiger partial charge is 0.407 e. The average molecular weight is 866 g/mol. The molecule has 9 rings (SSSR count). The van der Waals surface area contributed by atoms with Gasteiger partial charge in [-0.25, -0.2) is 9.78 Å². The lowest BCUT2D eigenvalue weighted by atomic mass is 9.90. The molecule has 332 valence electrons. The lowest BCUT2D eigenvalue weighted by molar-refractivity contribution is -0.137. The maximum atomic E-state index is 14.3. The first-order valence-corrected chi connectivity index (χ1v) is 22.3. The van der Waals surface area contributed by atoms with Crippen molar-refractivity contribution in [3.05, 3.63) is 102 Å². The minimum absolute atomic E-state index is 0.0299. The number of carbonyl (C=O) groups excluding carboxylic acids is 4. The molecule has 4 aliphatic heterocycles. The Balaban J connectivity index is 0.942. The second kappa shape index (κ2) is 17.9. The molecule has 5 heterocycles. The van der Waals surface area contributed by atoms with Crippen molar-refractivity contribution < 1.29 is 33.4 Å². The van der Waals surface area contributed by atoms with E-state index in [0.717, 1.165) is 74.3 Å². The summed E-state index contributed by atoms with van der Waals surface area (Å²) < 4.78 is 16.9. The van der Waals surface area contributed by atoms with Crippen molar-refractivity contribution in [3.63, 3.8) is 0 Å². The number of likely N-dealkylation sites (tertiary alicyclic amines) is 2. The number of hydrogen-bond donors (Lipinski definition) is 3. The lowest BCUT2D eigenvalue weighted by Gasteiger charge is -2.31. The van der Waals surface area contributed by atoms with E-state index in [1.54, 1.807) is 25.1 Å². The van der Waals surface area contributed by atoms with Gasteiger partial charge in [0.1, 0.15) is 30.3 Å². The highest BCUT2D eigenvalue weighted by molar-refractivity contribution is 6.06. The van der Waals surface area contributed by atoms with Crippen molar-refractivity contribution in [2.24, 2.45) is 16.8 Å². The molecule has 0 saturated carbocycles. The quantitative estimate of drug-likeness (QED) is 0.115. The van der Waals surface area contributed by atoms with Crippen molar-refractivity contribution in [2.75, 3.05) is 33.9 Å². The molecule has 0 spiro atoms. The number of alkyl carbamates (subject to hydrolysis) is 1. The van der Waals surface area contributed by atoms with Crippen molar-refractivity contribution in [1.29, 1.82) is 0 Å². The number of hydrogen-bond acceptors (Lipinski definition) is 9. The Morgan fingerprint density at radius 1 is 0.938 bits per heavy atom. The molecule has 1 aromatic heterocycles. The Morgan fingerprint density at radius 2 is 1.77 bits per heavy atom. The number of imidazole rings is 1. The van der Waals surface area contributed by atoms with Crippen LogP contribution >= 0.6 is 0 Å². The van der Waals surface area contributed by atoms with Crippen LogP contribution in [0.3, 0.4) is 0 Å². The molecule has 0 radical (unpaired) electrons. The fraction of sp³-hybridized carbons (Fsp3) is 0.400. The lowest BCUT2D eigenvalue weighted by Crippen LogP contribution is -2.53. The number of amides is 4. The predicted octanol–water partition coefficient (Wildman–Crippen LogP) is 7.59. The molecule has 14 heteroatoms. The van der Waals surface area contributed by atoms with Gasteiger partial charge in [0.05, 0.1) is 43.4 Å². The summed E-state index contributed by atoms with van der Waals surface area (Å²) in [6, 6.07) is 22.1. The highest BCUT2D eigenvalue weighted by atomic mass is 16.5. The number of methoxy groups -OCH3 is 2. The van der Waals surface area contributed by atoms with Crippen LogP contribution in [0.25, 0.3) is 33.2 Å². The van der Waals surface area contributed by atoms with Gasteiger partial charge in [-0.3, -0.25) is 19.4 Å². The van der Waals surface area contributed by atoms with E-state index in [1.165, 1.54) is 7.11 Å². The largest absolute Gasteiger partial charge is 0.488 e. The van der Waals surface area contributed by atoms with Crippen LogP contribution in [0.5, 0.6) is 5.75 Å². The number of H-pyrrole nitrogens is 1. The molecule has 2 fully saturated rings. The highest BCUT2D eigenvalue weighted by Crippen LogP contribution is 2.45. The summed E-state index contributed by atoms with van der Waals surface area (Å²) in [4.78, 5) is 70.1. The van der Waals surface area contributed by atoms with E-state index in [9.17, 15) is 19.2 Å². The SMILES string of the molecule is CCC(=O)N[C@H](C(=O)N1CCC[C@H]1C1=Nc2ccc3cc4c(cc3c2C1)OCc1cc(-c2cnc([C@@H]3C[C@H](COC)CN3C(=O)[C@H](NC(=O)OC)c3ccccc3)[nH]2)ccc1-4)C(C)C. The Kier molecular flexibility index (Phi) is 12.0. The molecular formula is C50H55N7O7. The van der Waals surface area contributed by atoms with Crippen LogP contribution in [0, 0.1) is 11.8 Å². The number of carbonyl (C=O) groups is 4. The number of benzene rings is 4. The first-order chi connectivity index (χ1) is 31.0. The summed E-state index contributed by atoms with van der Waals surface area (Å²) in [7, 11) is 2.94. The van der Waals surface area contributed by atoms with Gasteiger partial charge in [-0.2, -0.15) is 0 Å². The molecule has 64 heavy (non-hydrogen) atoms. The molecule has 4 aromatic carbocycles. The maximum absolute atomic E-state index is 14.3. The van der Waals surface area contributed by atoms with Gasteiger partial charge >= 0.3 is 6.09 Å². The van der Waals surface area contributed by atoms with Gasteiger partial charge in [0.25, 0.3) is 5.91 Å². The molecule has 5 aromatic rings. The third-order valence-corrected chi connectivity index (χ3v) is 13.2. The van der Waals surface area contributed by atoms with Gasteiger partial charge in [-0.15, -0.1) is 0 Å². The summed E-state index contributed by atoms with van der Waals surface area (Å²) >= 11 is 0. The van der Waals surface area contributed by atoms with Crippen molar-refractivity contribution >= 4 is 46.0 Å². The summed E-state index contributed by atoms with van der Waals surface area (Å²) in [5.74, 6) is 1.11. The summed E-state index contributed by atoms with van der Waals surface area (Å²) in [5.41, 5.74) is 8.63. The van der Waals surface area contributed by atoms with E-state index in [1.807, 2.05) is 49.1 Å². The van der Waals surface area contributed by atoms with Gasteiger partial charge in [0, 0.05) is 50.2 Å². The van der Waals surface area contributed by atoms with Gasteiger partial charge in [0.15, 0.2) is 0 Å². The average Bonchev–Trinajstić information content (AvgIpc) is 4.15. The number of rotatable bonds is 12. The molecule has 4 aliphatic rings. The van der Waals surface area contributed by atoms with Gasteiger partial charge < -0.3 is 39.6 Å². The summed E-state index contributed by atoms with van der Waals surface area (Å²) in [6.07, 6.45) is 4.48. The van der Waals surface area contributed by atoms with Crippen LogP contribution in [-0.2, 0) is 36.9 Å². The molecule has 14 nitrogen and oxygen atoms in total. The van der Waals surface area contributed by atoms with Crippen molar-refractivity contribution in [3.8, 4) is 28.1 Å². The fourth-order valence-corrected chi connectivity index (χ4v) is 9.95. The van der Waals surface area contributed by atoms with Crippen LogP contribution in [-0.4, -0.2) is 95.3 Å². The van der Waals surface area contributed by atoms with E-state index in [0.29, 0.717) is 57.0 Å². The molecule has 0 aliphatic carbocycles. The number of aromatic nitrogens is 2. The summed E-state index contributed by atoms with van der Waals surface area (Å²) in [6.45, 7) is 7.71. The van der Waals surface area contributed by atoms with E-state index in [2.05, 4.69) is 58.1 Å². The Labute approximate surface area is 372 Å². The molecule has 2 saturated heterocycles. The van der Waals surface area contributed by atoms with Crippen LogP contribution in [0.4, 0.5) is 10.5 Å². The van der Waals surface area contributed by atoms with Crippen LogP contribution in [0.1, 0.15) is 81.1 Å². The monoisotopic (exact) mass is 865 g/mol. The minimum Gasteiger partial charge on any atom is -0.488 e. The fourth-order valence-electron chi connectivity index (χ4n) is 9.95. The molecule has 4 amide bonds. The first-order valence-electron chi connectivity index (χ1n) is 22.3. The van der Waals surface area contributed by atoms with Crippen LogP contribution < -0.4 is 15.4 Å². The molecule has 3 N–H and O–H groups in total. The normalized spacial score (nSPS) is 19.7. The number of nitrogens with one attached hydrogen (secondary N) is 3. The zero-order chi connectivity index (χ0) is 44.6. The van der Waals surface area contributed by atoms with Crippen molar-refractivity contribution in [1.82, 2.24) is 30.4 Å². The molecule has 0 bridgehead atoms. The number of nitrogens with zero attached hydrogens (tertiary/aromatic N) is 4. The zero-order valence-corrected chi connectivity index (χ0v) is 37.0. The number of aromatic amines is 1. The second-order valence-electron chi connectivity index (χ2n) is 17.6. The second-order valence-corrected chi connectivity index (χ2v) is 17.6. The van der Waals surface area contributed by atoms with Gasteiger partial charge in [-0.1, -0.05) is 69.3 Å². The van der Waals surface area contributed by atoms with E-state index >= 15 is 0 Å². The third kappa shape index (κ3) is 8.10. The predicted molar refractivity (Wildman–Crippen MR) is 243 cm³/mol. The highest BCUT2D eigenvalue weighted by Gasteiger charge is 2.42. The Bertz CT molecular complexity index is 2640. The Morgan fingerprint density at radius 3 is 2.53 bits per heavy atom. The number of aliphatic imine (C=N–C) groups is 1. The van der Waals surface area contributed by atoms with Gasteiger partial charge in [-0.05, 0) is 88.0 Å². The molecule has 5 atom stereocenters.